The first-order chi connectivity index (χ1) is 9.94. The first-order valence-corrected chi connectivity index (χ1v) is 7.68. The lowest BCUT2D eigenvalue weighted by atomic mass is 10.1. The zero-order valence-electron chi connectivity index (χ0n) is 14.1. The van der Waals surface area contributed by atoms with Crippen LogP contribution in [0.1, 0.15) is 46.1 Å². The lowest BCUT2D eigenvalue weighted by molar-refractivity contribution is 0.163. The van der Waals surface area contributed by atoms with Crippen LogP contribution in [-0.4, -0.2) is 30.1 Å². The third kappa shape index (κ3) is 4.38. The molecule has 0 unspecified atom stereocenters. The summed E-state index contributed by atoms with van der Waals surface area (Å²) >= 11 is 0. The molecule has 0 heterocycles. The fourth-order valence-corrected chi connectivity index (χ4v) is 2.33. The van der Waals surface area contributed by atoms with E-state index in [2.05, 4.69) is 33.0 Å². The summed E-state index contributed by atoms with van der Waals surface area (Å²) in [6, 6.07) is 6.12. The normalized spacial score (nSPS) is 13.4. The van der Waals surface area contributed by atoms with Crippen LogP contribution in [0.15, 0.2) is 18.2 Å². The SMILES string of the molecule is CC[C@@H](C)N(C(=O)Nc1cc(C)ccc1OC)[C@H](C)CC. The lowest BCUT2D eigenvalue weighted by Crippen LogP contribution is -2.46. The fourth-order valence-electron chi connectivity index (χ4n) is 2.33. The minimum absolute atomic E-state index is 0.0670. The number of aryl methyl sites for hydroxylation is 1. The Labute approximate surface area is 128 Å². The van der Waals surface area contributed by atoms with Crippen LogP contribution in [0.3, 0.4) is 0 Å². The van der Waals surface area contributed by atoms with Gasteiger partial charge in [0.2, 0.25) is 0 Å². The van der Waals surface area contributed by atoms with Gasteiger partial charge in [-0.25, -0.2) is 4.79 Å². The van der Waals surface area contributed by atoms with Gasteiger partial charge >= 0.3 is 6.03 Å². The van der Waals surface area contributed by atoms with Gasteiger partial charge in [-0.3, -0.25) is 0 Å². The molecular formula is C17H28N2O2. The number of urea groups is 1. The molecule has 0 fully saturated rings. The molecule has 0 radical (unpaired) electrons. The molecule has 1 aromatic rings. The molecule has 0 aliphatic heterocycles. The summed E-state index contributed by atoms with van der Waals surface area (Å²) in [4.78, 5) is 14.6. The molecule has 4 heteroatoms. The molecular weight excluding hydrogens is 264 g/mol. The third-order valence-electron chi connectivity index (χ3n) is 3.96. The second-order valence-electron chi connectivity index (χ2n) is 5.56. The van der Waals surface area contributed by atoms with Crippen molar-refractivity contribution in [2.75, 3.05) is 12.4 Å². The van der Waals surface area contributed by atoms with Crippen molar-refractivity contribution in [1.29, 1.82) is 0 Å². The van der Waals surface area contributed by atoms with Crippen LogP contribution in [0.4, 0.5) is 10.5 Å². The van der Waals surface area contributed by atoms with Gasteiger partial charge in [0, 0.05) is 12.1 Å². The Morgan fingerprint density at radius 3 is 2.29 bits per heavy atom. The number of hydrogen-bond donors (Lipinski definition) is 1. The number of carbonyl (C=O) groups excluding carboxylic acids is 1. The number of anilines is 1. The molecule has 21 heavy (non-hydrogen) atoms. The standard InChI is InChI=1S/C17H28N2O2/c1-7-13(4)19(14(5)8-2)17(20)18-15-11-12(3)9-10-16(15)21-6/h9-11,13-14H,7-8H2,1-6H3,(H,18,20)/t13-,14-/m1/s1. The van der Waals surface area contributed by atoms with E-state index in [1.165, 1.54) is 0 Å². The van der Waals surface area contributed by atoms with Gasteiger partial charge in [0.25, 0.3) is 0 Å². The zero-order valence-corrected chi connectivity index (χ0v) is 14.1. The molecule has 0 bridgehead atoms. The van der Waals surface area contributed by atoms with E-state index in [4.69, 9.17) is 4.74 Å². The lowest BCUT2D eigenvalue weighted by Gasteiger charge is -2.34. The average Bonchev–Trinajstić information content (AvgIpc) is 2.47. The monoisotopic (exact) mass is 292 g/mol. The Balaban J connectivity index is 2.98. The number of ether oxygens (including phenoxy) is 1. The molecule has 4 nitrogen and oxygen atoms in total. The number of nitrogens with zero attached hydrogens (tertiary/aromatic N) is 1. The average molecular weight is 292 g/mol. The van der Waals surface area contributed by atoms with Gasteiger partial charge in [0.05, 0.1) is 12.8 Å². The van der Waals surface area contributed by atoms with Crippen molar-refractivity contribution in [3.05, 3.63) is 23.8 Å². The maximum atomic E-state index is 12.7. The van der Waals surface area contributed by atoms with E-state index in [0.717, 1.165) is 24.1 Å². The number of carbonyl (C=O) groups is 1. The number of methoxy groups -OCH3 is 1. The summed E-state index contributed by atoms with van der Waals surface area (Å²) in [7, 11) is 1.61. The number of rotatable bonds is 6. The summed E-state index contributed by atoms with van der Waals surface area (Å²) in [5, 5.41) is 2.99. The topological polar surface area (TPSA) is 41.6 Å². The van der Waals surface area contributed by atoms with Crippen molar-refractivity contribution < 1.29 is 9.53 Å². The Bertz CT molecular complexity index is 464. The van der Waals surface area contributed by atoms with Crippen molar-refractivity contribution in [1.82, 2.24) is 4.90 Å². The quantitative estimate of drug-likeness (QED) is 0.842. The van der Waals surface area contributed by atoms with E-state index in [0.29, 0.717) is 5.75 Å². The van der Waals surface area contributed by atoms with Gasteiger partial charge in [-0.2, -0.15) is 0 Å². The van der Waals surface area contributed by atoms with Crippen LogP contribution in [0.25, 0.3) is 0 Å². The highest BCUT2D eigenvalue weighted by Crippen LogP contribution is 2.26. The summed E-state index contributed by atoms with van der Waals surface area (Å²) in [5.74, 6) is 0.683. The summed E-state index contributed by atoms with van der Waals surface area (Å²) < 4.78 is 5.32. The Morgan fingerprint density at radius 2 is 1.81 bits per heavy atom. The third-order valence-corrected chi connectivity index (χ3v) is 3.96. The van der Waals surface area contributed by atoms with Gasteiger partial charge in [0.1, 0.15) is 5.75 Å². The van der Waals surface area contributed by atoms with Crippen LogP contribution in [-0.2, 0) is 0 Å². The van der Waals surface area contributed by atoms with E-state index in [1.54, 1.807) is 7.11 Å². The Morgan fingerprint density at radius 1 is 1.24 bits per heavy atom. The highest BCUT2D eigenvalue weighted by molar-refractivity contribution is 5.91. The molecule has 1 aromatic carbocycles. The molecule has 2 atom stereocenters. The number of nitrogens with one attached hydrogen (secondary N) is 1. The summed E-state index contributed by atoms with van der Waals surface area (Å²) in [6.45, 7) is 10.4. The van der Waals surface area contributed by atoms with Crippen molar-refractivity contribution in [3.63, 3.8) is 0 Å². The van der Waals surface area contributed by atoms with Gasteiger partial charge in [-0.15, -0.1) is 0 Å². The molecule has 0 saturated carbocycles. The molecule has 0 saturated heterocycles. The highest BCUT2D eigenvalue weighted by atomic mass is 16.5. The van der Waals surface area contributed by atoms with E-state index in [1.807, 2.05) is 30.0 Å². The van der Waals surface area contributed by atoms with E-state index < -0.39 is 0 Å². The first-order valence-electron chi connectivity index (χ1n) is 7.68. The molecule has 2 amide bonds. The van der Waals surface area contributed by atoms with Crippen LogP contribution in [0, 0.1) is 6.92 Å². The van der Waals surface area contributed by atoms with Crippen molar-refractivity contribution in [2.24, 2.45) is 0 Å². The van der Waals surface area contributed by atoms with Crippen LogP contribution in [0.2, 0.25) is 0 Å². The van der Waals surface area contributed by atoms with Crippen LogP contribution in [0.5, 0.6) is 5.75 Å². The van der Waals surface area contributed by atoms with Gasteiger partial charge < -0.3 is 15.0 Å². The van der Waals surface area contributed by atoms with Crippen molar-refractivity contribution >= 4 is 11.7 Å². The summed E-state index contributed by atoms with van der Waals surface area (Å²) in [5.41, 5.74) is 1.81. The molecule has 0 aromatic heterocycles. The Hall–Kier alpha value is -1.71. The van der Waals surface area contributed by atoms with Gasteiger partial charge in [-0.05, 0) is 51.3 Å². The Kier molecular flexibility index (Phi) is 6.53. The fraction of sp³-hybridized carbons (Fsp3) is 0.588. The number of benzene rings is 1. The molecule has 1 rings (SSSR count). The largest absolute Gasteiger partial charge is 0.495 e. The smallest absolute Gasteiger partial charge is 0.322 e. The molecule has 0 aliphatic rings. The molecule has 118 valence electrons. The van der Waals surface area contributed by atoms with E-state index in [9.17, 15) is 4.79 Å². The molecule has 1 N–H and O–H groups in total. The van der Waals surface area contributed by atoms with Gasteiger partial charge in [-0.1, -0.05) is 19.9 Å². The number of amides is 2. The van der Waals surface area contributed by atoms with Crippen LogP contribution < -0.4 is 10.1 Å². The molecule has 0 spiro atoms. The van der Waals surface area contributed by atoms with Crippen molar-refractivity contribution in [2.45, 2.75) is 59.5 Å². The van der Waals surface area contributed by atoms with E-state index >= 15 is 0 Å². The maximum absolute atomic E-state index is 12.7. The second kappa shape index (κ2) is 7.91. The van der Waals surface area contributed by atoms with Crippen LogP contribution >= 0.6 is 0 Å². The van der Waals surface area contributed by atoms with Crippen molar-refractivity contribution in [3.8, 4) is 5.75 Å². The highest BCUT2D eigenvalue weighted by Gasteiger charge is 2.24. The summed E-state index contributed by atoms with van der Waals surface area (Å²) in [6.07, 6.45) is 1.87. The minimum atomic E-state index is -0.0670. The predicted octanol–water partition coefficient (Wildman–Crippen LogP) is 4.43. The zero-order chi connectivity index (χ0) is 16.0. The van der Waals surface area contributed by atoms with Gasteiger partial charge in [0.15, 0.2) is 0 Å². The predicted molar refractivity (Wildman–Crippen MR) is 88.1 cm³/mol. The second-order valence-corrected chi connectivity index (χ2v) is 5.56. The number of hydrogen-bond acceptors (Lipinski definition) is 2. The molecule has 0 aliphatic carbocycles. The maximum Gasteiger partial charge on any atom is 0.322 e. The minimum Gasteiger partial charge on any atom is -0.495 e. The van der Waals surface area contributed by atoms with E-state index in [-0.39, 0.29) is 18.1 Å². The first kappa shape index (κ1) is 17.3.